The molecule has 0 spiro atoms. The van der Waals surface area contributed by atoms with Gasteiger partial charge in [-0.05, 0) is 30.4 Å². The fourth-order valence-electron chi connectivity index (χ4n) is 3.65. The highest BCUT2D eigenvalue weighted by Gasteiger charge is 2.36. The Labute approximate surface area is 141 Å². The smallest absolute Gasteiger partial charge is 0.280 e. The zero-order valence-electron chi connectivity index (χ0n) is 14.0. The van der Waals surface area contributed by atoms with Gasteiger partial charge in [0.1, 0.15) is 0 Å². The van der Waals surface area contributed by atoms with Crippen LogP contribution in [0.15, 0.2) is 30.5 Å². The predicted octanol–water partition coefficient (Wildman–Crippen LogP) is 2.37. The first-order valence-corrected chi connectivity index (χ1v) is 8.57. The van der Waals surface area contributed by atoms with Crippen molar-refractivity contribution in [2.45, 2.75) is 44.8 Å². The Kier molecular flexibility index (Phi) is 3.64. The molecule has 1 amide bonds. The molecular weight excluding hydrogens is 304 g/mol. The molecule has 1 fully saturated rings. The van der Waals surface area contributed by atoms with E-state index in [0.717, 1.165) is 18.5 Å². The van der Waals surface area contributed by atoms with Crippen LogP contribution in [0.2, 0.25) is 0 Å². The molecule has 1 aromatic carbocycles. The third-order valence-corrected chi connectivity index (χ3v) is 5.33. The van der Waals surface area contributed by atoms with E-state index >= 15 is 0 Å². The zero-order valence-corrected chi connectivity index (χ0v) is 14.0. The van der Waals surface area contributed by atoms with Crippen molar-refractivity contribution in [3.05, 3.63) is 41.7 Å². The van der Waals surface area contributed by atoms with Crippen molar-refractivity contribution >= 4 is 11.6 Å². The first kappa shape index (κ1) is 15.3. The number of benzene rings is 1. The van der Waals surface area contributed by atoms with E-state index in [9.17, 15) is 9.90 Å². The summed E-state index contributed by atoms with van der Waals surface area (Å²) in [5, 5.41) is 17.9. The third kappa shape index (κ3) is 2.33. The number of aromatic nitrogens is 3. The molecule has 0 bridgehead atoms. The van der Waals surface area contributed by atoms with Gasteiger partial charge in [-0.3, -0.25) is 4.79 Å². The Bertz CT molecular complexity index is 770. The molecule has 126 valence electrons. The number of carbonyl (C=O) groups excluding carboxylic acids is 1. The van der Waals surface area contributed by atoms with Gasteiger partial charge < -0.3 is 10.0 Å². The normalized spacial score (nSPS) is 25.7. The number of para-hydroxylation sites is 1. The second kappa shape index (κ2) is 5.70. The highest BCUT2D eigenvalue weighted by Crippen LogP contribution is 2.40. The van der Waals surface area contributed by atoms with Gasteiger partial charge in [0.15, 0.2) is 5.69 Å². The first-order valence-electron chi connectivity index (χ1n) is 8.57. The number of carbonyl (C=O) groups is 1. The molecule has 1 saturated carbocycles. The molecule has 4 rings (SSSR count). The number of hydrogen-bond acceptors (Lipinski definition) is 4. The largest absolute Gasteiger partial charge is 0.391 e. The van der Waals surface area contributed by atoms with Crippen molar-refractivity contribution in [2.75, 3.05) is 11.4 Å². The fourth-order valence-corrected chi connectivity index (χ4v) is 3.65. The number of aliphatic hydroxyl groups excluding tert-OH is 1. The molecule has 1 unspecified atom stereocenters. The number of hydrogen-bond donors (Lipinski definition) is 1. The molecule has 1 aromatic heterocycles. The van der Waals surface area contributed by atoms with Crippen LogP contribution in [0.3, 0.4) is 0 Å². The van der Waals surface area contributed by atoms with E-state index in [0.29, 0.717) is 24.1 Å². The minimum absolute atomic E-state index is 0.0478. The zero-order chi connectivity index (χ0) is 16.8. The Morgan fingerprint density at radius 1 is 1.29 bits per heavy atom. The van der Waals surface area contributed by atoms with Crippen LogP contribution in [0.5, 0.6) is 0 Å². The van der Waals surface area contributed by atoms with Gasteiger partial charge in [0, 0.05) is 18.2 Å². The van der Waals surface area contributed by atoms with Crippen LogP contribution in [0.1, 0.15) is 54.7 Å². The van der Waals surface area contributed by atoms with Gasteiger partial charge in [-0.2, -0.15) is 0 Å². The van der Waals surface area contributed by atoms with Crippen LogP contribution in [-0.2, 0) is 0 Å². The minimum Gasteiger partial charge on any atom is -0.391 e. The molecule has 2 aliphatic rings. The lowest BCUT2D eigenvalue weighted by Gasteiger charge is -2.31. The lowest BCUT2D eigenvalue weighted by molar-refractivity contribution is 0.0244. The lowest BCUT2D eigenvalue weighted by Crippen LogP contribution is -2.34. The van der Waals surface area contributed by atoms with E-state index in [1.165, 1.54) is 5.56 Å². The maximum Gasteiger partial charge on any atom is 0.280 e. The number of amides is 1. The Morgan fingerprint density at radius 2 is 2.08 bits per heavy atom. The van der Waals surface area contributed by atoms with Crippen LogP contribution in [0.25, 0.3) is 0 Å². The summed E-state index contributed by atoms with van der Waals surface area (Å²) in [5.41, 5.74) is 2.54. The average molecular weight is 326 g/mol. The summed E-state index contributed by atoms with van der Waals surface area (Å²) >= 11 is 0. The van der Waals surface area contributed by atoms with Crippen molar-refractivity contribution in [3.8, 4) is 0 Å². The summed E-state index contributed by atoms with van der Waals surface area (Å²) in [5.74, 6) is 0.684. The summed E-state index contributed by atoms with van der Waals surface area (Å²) in [6.45, 7) is 5.04. The predicted molar refractivity (Wildman–Crippen MR) is 90.0 cm³/mol. The second-order valence-corrected chi connectivity index (χ2v) is 7.12. The fraction of sp³-hybridized carbons (Fsp3) is 0.500. The third-order valence-electron chi connectivity index (χ3n) is 5.33. The molecule has 1 N–H and O–H groups in total. The van der Waals surface area contributed by atoms with E-state index in [1.807, 2.05) is 23.1 Å². The maximum atomic E-state index is 12.9. The van der Waals surface area contributed by atoms with E-state index in [4.69, 9.17) is 0 Å². The first-order chi connectivity index (χ1) is 11.6. The van der Waals surface area contributed by atoms with Crippen LogP contribution >= 0.6 is 0 Å². The number of anilines is 1. The topological polar surface area (TPSA) is 71.2 Å². The monoisotopic (exact) mass is 326 g/mol. The van der Waals surface area contributed by atoms with E-state index in [-0.39, 0.29) is 18.1 Å². The second-order valence-electron chi connectivity index (χ2n) is 7.12. The van der Waals surface area contributed by atoms with Gasteiger partial charge in [-0.1, -0.05) is 37.3 Å². The Morgan fingerprint density at radius 3 is 2.75 bits per heavy atom. The standard InChI is InChI=1S/C18H22N4O2/c1-11(2)13-9-21(15-6-4-3-5-12(13)15)18(24)14-10-22(20-19-14)16-7-8-17(16)23/h3-6,10-11,13,16-17,23H,7-9H2,1-2H3/t13?,16-,17-/m1/s1. The summed E-state index contributed by atoms with van der Waals surface area (Å²) in [7, 11) is 0. The number of rotatable bonds is 3. The van der Waals surface area contributed by atoms with Crippen molar-refractivity contribution < 1.29 is 9.90 Å². The molecule has 0 saturated heterocycles. The van der Waals surface area contributed by atoms with E-state index < -0.39 is 0 Å². The van der Waals surface area contributed by atoms with Crippen LogP contribution < -0.4 is 4.90 Å². The van der Waals surface area contributed by atoms with Crippen LogP contribution in [0, 0.1) is 5.92 Å². The molecule has 1 aliphatic carbocycles. The molecule has 2 aromatic rings. The molecule has 6 nitrogen and oxygen atoms in total. The summed E-state index contributed by atoms with van der Waals surface area (Å²) in [6, 6.07) is 8.04. The Balaban J connectivity index is 1.61. The van der Waals surface area contributed by atoms with E-state index in [2.05, 4.69) is 30.2 Å². The highest BCUT2D eigenvalue weighted by molar-refractivity contribution is 6.06. The van der Waals surface area contributed by atoms with Crippen LogP contribution in [-0.4, -0.2) is 38.7 Å². The average Bonchev–Trinajstić information content (AvgIpc) is 3.17. The minimum atomic E-state index is -0.382. The molecular formula is C18H22N4O2. The molecule has 2 heterocycles. The van der Waals surface area contributed by atoms with Crippen molar-refractivity contribution in [2.24, 2.45) is 5.92 Å². The van der Waals surface area contributed by atoms with Gasteiger partial charge in [0.2, 0.25) is 0 Å². The lowest BCUT2D eigenvalue weighted by atomic mass is 9.89. The van der Waals surface area contributed by atoms with Gasteiger partial charge in [-0.15, -0.1) is 5.10 Å². The maximum absolute atomic E-state index is 12.9. The van der Waals surface area contributed by atoms with Gasteiger partial charge in [0.05, 0.1) is 18.3 Å². The number of aliphatic hydroxyl groups is 1. The van der Waals surface area contributed by atoms with Gasteiger partial charge in [0.25, 0.3) is 5.91 Å². The highest BCUT2D eigenvalue weighted by atomic mass is 16.3. The summed E-state index contributed by atoms with van der Waals surface area (Å²) < 4.78 is 1.63. The quantitative estimate of drug-likeness (QED) is 0.940. The van der Waals surface area contributed by atoms with Crippen LogP contribution in [0.4, 0.5) is 5.69 Å². The summed E-state index contributed by atoms with van der Waals surface area (Å²) in [6.07, 6.45) is 2.94. The molecule has 24 heavy (non-hydrogen) atoms. The molecule has 3 atom stereocenters. The molecule has 1 aliphatic heterocycles. The number of nitrogens with zero attached hydrogens (tertiary/aromatic N) is 4. The van der Waals surface area contributed by atoms with Crippen molar-refractivity contribution in [1.29, 1.82) is 0 Å². The SMILES string of the molecule is CC(C)C1CN(C(=O)c2cn([C@@H]3CC[C@H]3O)nn2)c2ccccc21. The van der Waals surface area contributed by atoms with Crippen molar-refractivity contribution in [1.82, 2.24) is 15.0 Å². The van der Waals surface area contributed by atoms with Crippen molar-refractivity contribution in [3.63, 3.8) is 0 Å². The Hall–Kier alpha value is -2.21. The van der Waals surface area contributed by atoms with E-state index in [1.54, 1.807) is 10.9 Å². The molecule has 6 heteroatoms. The van der Waals surface area contributed by atoms with Gasteiger partial charge in [-0.25, -0.2) is 4.68 Å². The summed E-state index contributed by atoms with van der Waals surface area (Å²) in [4.78, 5) is 14.8. The van der Waals surface area contributed by atoms with Gasteiger partial charge >= 0.3 is 0 Å². The number of fused-ring (bicyclic) bond motifs is 1. The molecule has 0 radical (unpaired) electrons.